The summed E-state index contributed by atoms with van der Waals surface area (Å²) in [4.78, 5) is 0. The second-order valence-corrected chi connectivity index (χ2v) is 4.35. The van der Waals surface area contributed by atoms with Crippen LogP contribution in [0.25, 0.3) is 0 Å². The van der Waals surface area contributed by atoms with Gasteiger partial charge in [-0.15, -0.1) is 6.58 Å². The van der Waals surface area contributed by atoms with Crippen LogP contribution in [-0.2, 0) is 13.5 Å². The van der Waals surface area contributed by atoms with Gasteiger partial charge in [-0.25, -0.2) is 0 Å². The van der Waals surface area contributed by atoms with Crippen LogP contribution in [0.4, 0.5) is 0 Å². The van der Waals surface area contributed by atoms with Crippen LogP contribution in [-0.4, -0.2) is 20.5 Å². The Bertz CT molecular complexity index is 315. The Labute approximate surface area is 91.4 Å². The summed E-state index contributed by atoms with van der Waals surface area (Å²) in [7, 11) is 1.90. The highest BCUT2D eigenvalue weighted by molar-refractivity contribution is 5.04. The topological polar surface area (TPSA) is 38.1 Å². The maximum atomic E-state index is 10.0. The van der Waals surface area contributed by atoms with E-state index in [0.29, 0.717) is 0 Å². The zero-order valence-corrected chi connectivity index (χ0v) is 9.61. The van der Waals surface area contributed by atoms with E-state index >= 15 is 0 Å². The van der Waals surface area contributed by atoms with E-state index in [0.717, 1.165) is 25.7 Å². The van der Waals surface area contributed by atoms with Gasteiger partial charge in [-0.2, -0.15) is 5.10 Å². The molecule has 0 spiro atoms. The number of aromatic nitrogens is 2. The van der Waals surface area contributed by atoms with Gasteiger partial charge in [0, 0.05) is 13.2 Å². The quantitative estimate of drug-likeness (QED) is 0.727. The number of hydrogen-bond donors (Lipinski definition) is 1. The van der Waals surface area contributed by atoms with E-state index in [4.69, 9.17) is 0 Å². The van der Waals surface area contributed by atoms with Gasteiger partial charge in [0.2, 0.25) is 0 Å². The van der Waals surface area contributed by atoms with Crippen LogP contribution in [0.3, 0.4) is 0 Å². The maximum Gasteiger partial charge on any atom is 0.0626 e. The molecule has 3 heteroatoms. The summed E-state index contributed by atoms with van der Waals surface area (Å²) in [6.45, 7) is 5.54. The highest BCUT2D eigenvalue weighted by atomic mass is 16.3. The average Bonchev–Trinajstić information content (AvgIpc) is 2.59. The van der Waals surface area contributed by atoms with Crippen molar-refractivity contribution in [3.63, 3.8) is 0 Å². The van der Waals surface area contributed by atoms with E-state index in [9.17, 15) is 5.11 Å². The molecule has 0 fully saturated rings. The average molecular weight is 208 g/mol. The van der Waals surface area contributed by atoms with Gasteiger partial charge in [-0.05, 0) is 38.2 Å². The van der Waals surface area contributed by atoms with Crippen molar-refractivity contribution in [3.05, 3.63) is 30.6 Å². The van der Waals surface area contributed by atoms with Crippen molar-refractivity contribution in [3.8, 4) is 0 Å². The van der Waals surface area contributed by atoms with E-state index in [-0.39, 0.29) is 0 Å². The van der Waals surface area contributed by atoms with Crippen LogP contribution in [0.5, 0.6) is 0 Å². The maximum absolute atomic E-state index is 10.0. The van der Waals surface area contributed by atoms with Gasteiger partial charge >= 0.3 is 0 Å². The van der Waals surface area contributed by atoms with Gasteiger partial charge < -0.3 is 5.11 Å². The zero-order valence-electron chi connectivity index (χ0n) is 9.61. The molecule has 1 aromatic heterocycles. The first-order valence-electron chi connectivity index (χ1n) is 5.34. The lowest BCUT2D eigenvalue weighted by molar-refractivity contribution is 0.0433. The van der Waals surface area contributed by atoms with Gasteiger partial charge in [-0.3, -0.25) is 4.68 Å². The summed E-state index contributed by atoms with van der Waals surface area (Å²) in [6.07, 6.45) is 8.97. The molecule has 84 valence electrons. The standard InChI is InChI=1S/C12H20N2O/c1-4-5-7-12(2,15)8-6-11-9-13-14(3)10-11/h4,9-10,15H,1,5-8H2,2-3H3. The molecule has 0 aromatic carbocycles. The lowest BCUT2D eigenvalue weighted by Crippen LogP contribution is -2.24. The first kappa shape index (κ1) is 12.0. The molecule has 1 heterocycles. The molecule has 15 heavy (non-hydrogen) atoms. The van der Waals surface area contributed by atoms with E-state index < -0.39 is 5.60 Å². The molecule has 0 bridgehead atoms. The Balaban J connectivity index is 2.38. The molecule has 0 aliphatic heterocycles. The lowest BCUT2D eigenvalue weighted by atomic mass is 9.93. The summed E-state index contributed by atoms with van der Waals surface area (Å²) in [5, 5.41) is 14.1. The Morgan fingerprint density at radius 3 is 2.87 bits per heavy atom. The van der Waals surface area contributed by atoms with Gasteiger partial charge in [0.15, 0.2) is 0 Å². The van der Waals surface area contributed by atoms with Crippen LogP contribution < -0.4 is 0 Å². The SMILES string of the molecule is C=CCCC(C)(O)CCc1cnn(C)c1. The Morgan fingerprint density at radius 1 is 1.60 bits per heavy atom. The van der Waals surface area contributed by atoms with E-state index in [1.165, 1.54) is 5.56 Å². The van der Waals surface area contributed by atoms with Crippen LogP contribution >= 0.6 is 0 Å². The van der Waals surface area contributed by atoms with Crippen molar-refractivity contribution in [2.24, 2.45) is 7.05 Å². The number of aryl methyl sites for hydroxylation is 2. The number of rotatable bonds is 6. The van der Waals surface area contributed by atoms with Gasteiger partial charge in [0.1, 0.15) is 0 Å². The third kappa shape index (κ3) is 4.30. The molecule has 1 N–H and O–H groups in total. The van der Waals surface area contributed by atoms with Gasteiger partial charge in [-0.1, -0.05) is 6.08 Å². The summed E-state index contributed by atoms with van der Waals surface area (Å²) < 4.78 is 1.79. The summed E-state index contributed by atoms with van der Waals surface area (Å²) in [5.41, 5.74) is 0.584. The third-order valence-electron chi connectivity index (χ3n) is 2.60. The molecule has 1 rings (SSSR count). The van der Waals surface area contributed by atoms with Crippen molar-refractivity contribution < 1.29 is 5.11 Å². The molecule has 0 saturated heterocycles. The third-order valence-corrected chi connectivity index (χ3v) is 2.60. The minimum atomic E-state index is -0.593. The van der Waals surface area contributed by atoms with Crippen LogP contribution in [0.2, 0.25) is 0 Å². The minimum Gasteiger partial charge on any atom is -0.390 e. The number of hydrogen-bond acceptors (Lipinski definition) is 2. The fraction of sp³-hybridized carbons (Fsp3) is 0.583. The minimum absolute atomic E-state index is 0.593. The molecular formula is C12H20N2O. The molecule has 0 amide bonds. The normalized spacial score (nSPS) is 14.9. The largest absolute Gasteiger partial charge is 0.390 e. The molecule has 1 unspecified atom stereocenters. The second-order valence-electron chi connectivity index (χ2n) is 4.35. The first-order valence-corrected chi connectivity index (χ1v) is 5.34. The van der Waals surface area contributed by atoms with E-state index in [1.54, 1.807) is 4.68 Å². The highest BCUT2D eigenvalue weighted by Crippen LogP contribution is 2.19. The van der Waals surface area contributed by atoms with Crippen LogP contribution in [0.1, 0.15) is 31.7 Å². The van der Waals surface area contributed by atoms with Crippen molar-refractivity contribution >= 4 is 0 Å². The predicted molar refractivity (Wildman–Crippen MR) is 61.6 cm³/mol. The highest BCUT2D eigenvalue weighted by Gasteiger charge is 2.18. The van der Waals surface area contributed by atoms with Crippen LogP contribution in [0, 0.1) is 0 Å². The van der Waals surface area contributed by atoms with Gasteiger partial charge in [0.25, 0.3) is 0 Å². The van der Waals surface area contributed by atoms with Crippen molar-refractivity contribution in [2.75, 3.05) is 0 Å². The zero-order chi connectivity index (χ0) is 11.3. The number of aliphatic hydroxyl groups is 1. The lowest BCUT2D eigenvalue weighted by Gasteiger charge is -2.22. The van der Waals surface area contributed by atoms with E-state index in [2.05, 4.69) is 11.7 Å². The summed E-state index contributed by atoms with van der Waals surface area (Å²) in [6, 6.07) is 0. The van der Waals surface area contributed by atoms with Crippen molar-refractivity contribution in [2.45, 2.75) is 38.2 Å². The molecular weight excluding hydrogens is 188 g/mol. The summed E-state index contributed by atoms with van der Waals surface area (Å²) >= 11 is 0. The Kier molecular flexibility index (Phi) is 4.09. The summed E-state index contributed by atoms with van der Waals surface area (Å²) in [5.74, 6) is 0. The molecule has 0 saturated carbocycles. The fourth-order valence-electron chi connectivity index (χ4n) is 1.55. The first-order chi connectivity index (χ1) is 7.03. The molecule has 1 aromatic rings. The number of nitrogens with zero attached hydrogens (tertiary/aromatic N) is 2. The molecule has 0 aliphatic rings. The van der Waals surface area contributed by atoms with Crippen molar-refractivity contribution in [1.29, 1.82) is 0 Å². The van der Waals surface area contributed by atoms with Crippen LogP contribution in [0.15, 0.2) is 25.0 Å². The van der Waals surface area contributed by atoms with Crippen molar-refractivity contribution in [1.82, 2.24) is 9.78 Å². The second kappa shape index (κ2) is 5.12. The monoisotopic (exact) mass is 208 g/mol. The Hall–Kier alpha value is -1.09. The van der Waals surface area contributed by atoms with E-state index in [1.807, 2.05) is 32.4 Å². The Morgan fingerprint density at radius 2 is 2.33 bits per heavy atom. The predicted octanol–water partition coefficient (Wildman–Crippen LogP) is 2.07. The molecule has 3 nitrogen and oxygen atoms in total. The van der Waals surface area contributed by atoms with Gasteiger partial charge in [0.05, 0.1) is 11.8 Å². The molecule has 0 aliphatic carbocycles. The molecule has 1 atom stereocenters. The smallest absolute Gasteiger partial charge is 0.0626 e. The number of allylic oxidation sites excluding steroid dienone is 1. The fourth-order valence-corrected chi connectivity index (χ4v) is 1.55. The molecule has 0 radical (unpaired) electrons.